The van der Waals surface area contributed by atoms with Gasteiger partial charge in [0.15, 0.2) is 5.82 Å². The Morgan fingerprint density at radius 3 is 2.46 bits per heavy atom. The molecule has 3 aromatic carbocycles. The summed E-state index contributed by atoms with van der Waals surface area (Å²) in [7, 11) is -2.67. The minimum absolute atomic E-state index is 0.0198. The summed E-state index contributed by atoms with van der Waals surface area (Å²) in [5.74, 6) is -2.55. The molecule has 4 saturated heterocycles. The summed E-state index contributed by atoms with van der Waals surface area (Å²) in [5, 5.41) is 13.1. The number of carbonyl (C=O) groups excluding carboxylic acids is 4. The third-order valence-corrected chi connectivity index (χ3v) is 12.8. The van der Waals surface area contributed by atoms with Gasteiger partial charge in [-0.15, -0.1) is 0 Å². The van der Waals surface area contributed by atoms with Crippen LogP contribution in [0.15, 0.2) is 47.3 Å². The maximum atomic E-state index is 15.7. The summed E-state index contributed by atoms with van der Waals surface area (Å²) in [6.07, 6.45) is 4.22. The zero-order valence-corrected chi connectivity index (χ0v) is 31.5. The number of imide groups is 1. The van der Waals surface area contributed by atoms with Crippen LogP contribution in [0, 0.1) is 17.7 Å². The Labute approximate surface area is 320 Å². The van der Waals surface area contributed by atoms with Crippen molar-refractivity contribution in [2.24, 2.45) is 18.9 Å². The molecule has 4 aromatic rings. The van der Waals surface area contributed by atoms with Gasteiger partial charge in [0.05, 0.1) is 17.6 Å². The fraction of sp³-hybridized carbons (Fsp3) is 0.447. The number of aromatic nitrogens is 2. The Bertz CT molecular complexity index is 2460. The van der Waals surface area contributed by atoms with Crippen molar-refractivity contribution in [2.75, 3.05) is 48.5 Å². The number of aryl methyl sites for hydroxylation is 1. The number of nitrogens with zero attached hydrogens (tertiary/aromatic N) is 5. The summed E-state index contributed by atoms with van der Waals surface area (Å²) >= 11 is 0. The fourth-order valence-corrected chi connectivity index (χ4v) is 9.63. The molecule has 296 valence electrons. The first-order chi connectivity index (χ1) is 26.8. The van der Waals surface area contributed by atoms with E-state index in [1.807, 2.05) is 23.1 Å². The van der Waals surface area contributed by atoms with Crippen LogP contribution in [-0.4, -0.2) is 90.5 Å². The van der Waals surface area contributed by atoms with E-state index in [1.54, 1.807) is 23.9 Å². The van der Waals surface area contributed by atoms with Crippen molar-refractivity contribution in [2.45, 2.75) is 51.0 Å². The molecule has 0 saturated carbocycles. The van der Waals surface area contributed by atoms with E-state index in [4.69, 9.17) is 4.74 Å². The van der Waals surface area contributed by atoms with E-state index in [0.29, 0.717) is 46.0 Å². The van der Waals surface area contributed by atoms with E-state index in [0.717, 1.165) is 44.5 Å². The molecule has 0 spiro atoms. The first-order valence-corrected chi connectivity index (χ1v) is 20.2. The SMILES string of the molecule is Cn1c(=O)n(C2CCC(=O)NC2=O)c2ccc(N3CCC(CC(=O)N4CCC[C@@H](COc5ccc6cc(O)c(N7CC(=O)NS7(=O)=O)c(F)c6c5)C4)CC3)cc21. The second-order valence-electron chi connectivity index (χ2n) is 15.1. The van der Waals surface area contributed by atoms with Gasteiger partial charge in [-0.05, 0) is 79.8 Å². The van der Waals surface area contributed by atoms with E-state index in [1.165, 1.54) is 21.3 Å². The van der Waals surface area contributed by atoms with Crippen LogP contribution in [0.2, 0.25) is 0 Å². The molecule has 0 aliphatic carbocycles. The number of piperidine rings is 3. The Balaban J connectivity index is 0.859. The molecule has 8 rings (SSSR count). The predicted molar refractivity (Wildman–Crippen MR) is 203 cm³/mol. The topological polar surface area (TPSA) is 193 Å². The Morgan fingerprint density at radius 2 is 1.73 bits per heavy atom. The number of nitrogens with one attached hydrogen (secondary N) is 2. The second kappa shape index (κ2) is 14.5. The van der Waals surface area contributed by atoms with Gasteiger partial charge in [0.1, 0.15) is 29.8 Å². The average Bonchev–Trinajstić information content (AvgIpc) is 3.59. The number of ether oxygens (including phenoxy) is 1. The van der Waals surface area contributed by atoms with Crippen molar-refractivity contribution in [3.05, 3.63) is 58.8 Å². The molecule has 1 aromatic heterocycles. The van der Waals surface area contributed by atoms with Crippen molar-refractivity contribution in [3.8, 4) is 11.5 Å². The summed E-state index contributed by atoms with van der Waals surface area (Å²) in [5.41, 5.74) is 1.36. The first-order valence-electron chi connectivity index (χ1n) is 18.8. The van der Waals surface area contributed by atoms with Crippen LogP contribution in [-0.2, 0) is 36.4 Å². The molecule has 0 radical (unpaired) electrons. The molecule has 1 unspecified atom stereocenters. The maximum Gasteiger partial charge on any atom is 0.329 e. The number of imidazole rings is 1. The number of anilines is 2. The molecule has 0 bridgehead atoms. The highest BCUT2D eigenvalue weighted by atomic mass is 32.2. The highest BCUT2D eigenvalue weighted by Crippen LogP contribution is 2.39. The number of hydrogen-bond donors (Lipinski definition) is 3. The standard InChI is InChI=1S/C38H42FN7O9S/c1-42-30-17-25(5-7-28(30)46(38(42)52)29-8-9-32(48)40-37(29)51)43-13-10-22(11-14-43)15-34(50)44-12-2-3-23(19-44)21-55-26-6-4-24-16-31(47)36(35(39)27(24)18-26)45-20-33(49)41-56(45,53)54/h4-7,16-18,22-23,29,47H,2-3,8-15,19-21H2,1H3,(H,41,49)(H,40,48,51)/t23-,29?/m1/s1. The van der Waals surface area contributed by atoms with Gasteiger partial charge >= 0.3 is 15.9 Å². The van der Waals surface area contributed by atoms with Crippen LogP contribution in [0.3, 0.4) is 0 Å². The number of likely N-dealkylation sites (tertiary alicyclic amines) is 1. The molecule has 4 aliphatic heterocycles. The zero-order chi connectivity index (χ0) is 39.5. The molecule has 4 fully saturated rings. The van der Waals surface area contributed by atoms with Gasteiger partial charge in [0.25, 0.3) is 5.91 Å². The normalized spacial score (nSPS) is 21.8. The largest absolute Gasteiger partial charge is 0.506 e. The zero-order valence-electron chi connectivity index (χ0n) is 30.7. The van der Waals surface area contributed by atoms with E-state index in [2.05, 4.69) is 10.2 Å². The Kier molecular flexibility index (Phi) is 9.62. The molecule has 4 aliphatic rings. The number of rotatable bonds is 8. The average molecular weight is 792 g/mol. The summed E-state index contributed by atoms with van der Waals surface area (Å²) in [4.78, 5) is 66.8. The Hall–Kier alpha value is -5.65. The highest BCUT2D eigenvalue weighted by molar-refractivity contribution is 7.92. The van der Waals surface area contributed by atoms with Crippen LogP contribution in [0.25, 0.3) is 21.8 Å². The van der Waals surface area contributed by atoms with Crippen LogP contribution in [0.4, 0.5) is 15.8 Å². The minimum atomic E-state index is -4.35. The number of fused-ring (bicyclic) bond motifs is 2. The monoisotopic (exact) mass is 791 g/mol. The molecule has 5 heterocycles. The lowest BCUT2D eigenvalue weighted by Gasteiger charge is -2.36. The molecule has 56 heavy (non-hydrogen) atoms. The quantitative estimate of drug-likeness (QED) is 0.223. The van der Waals surface area contributed by atoms with E-state index in [-0.39, 0.29) is 54.2 Å². The van der Waals surface area contributed by atoms with Gasteiger partial charge in [-0.3, -0.25) is 33.6 Å². The summed E-state index contributed by atoms with van der Waals surface area (Å²) < 4.78 is 51.7. The van der Waals surface area contributed by atoms with Gasteiger partial charge < -0.3 is 19.6 Å². The minimum Gasteiger partial charge on any atom is -0.506 e. The molecule has 18 heteroatoms. The van der Waals surface area contributed by atoms with Crippen molar-refractivity contribution in [1.29, 1.82) is 0 Å². The molecular weight excluding hydrogens is 750 g/mol. The number of aromatic hydroxyl groups is 1. The lowest BCUT2D eigenvalue weighted by atomic mass is 9.91. The van der Waals surface area contributed by atoms with Gasteiger partial charge in [-0.2, -0.15) is 8.42 Å². The van der Waals surface area contributed by atoms with Crippen molar-refractivity contribution in [3.63, 3.8) is 0 Å². The molecule has 4 amide bonds. The van der Waals surface area contributed by atoms with Crippen LogP contribution < -0.4 is 29.7 Å². The molecule has 3 N–H and O–H groups in total. The first kappa shape index (κ1) is 37.3. The lowest BCUT2D eigenvalue weighted by Crippen LogP contribution is -2.44. The van der Waals surface area contributed by atoms with Gasteiger partial charge in [0, 0.05) is 63.1 Å². The number of hydrogen-bond acceptors (Lipinski definition) is 10. The van der Waals surface area contributed by atoms with E-state index in [9.17, 15) is 37.5 Å². The third kappa shape index (κ3) is 6.90. The van der Waals surface area contributed by atoms with Gasteiger partial charge in [-0.25, -0.2) is 18.2 Å². The van der Waals surface area contributed by atoms with Crippen molar-refractivity contribution in [1.82, 2.24) is 24.1 Å². The Morgan fingerprint density at radius 1 is 0.946 bits per heavy atom. The van der Waals surface area contributed by atoms with Gasteiger partial charge in [0.2, 0.25) is 17.7 Å². The maximum absolute atomic E-state index is 15.7. The molecule has 16 nitrogen and oxygen atoms in total. The predicted octanol–water partition coefficient (Wildman–Crippen LogP) is 2.42. The molecule has 2 atom stereocenters. The number of phenolic OH excluding ortho intramolecular Hbond substituents is 1. The number of carbonyl (C=O) groups is 4. The van der Waals surface area contributed by atoms with E-state index < -0.39 is 51.9 Å². The van der Waals surface area contributed by atoms with Crippen molar-refractivity contribution >= 4 is 67.0 Å². The number of halogens is 1. The van der Waals surface area contributed by atoms with Crippen LogP contribution in [0.5, 0.6) is 11.5 Å². The number of benzene rings is 3. The number of phenols is 1. The second-order valence-corrected chi connectivity index (χ2v) is 16.7. The van der Waals surface area contributed by atoms with Crippen LogP contribution >= 0.6 is 0 Å². The lowest BCUT2D eigenvalue weighted by molar-refractivity contribution is -0.136. The van der Waals surface area contributed by atoms with Crippen molar-refractivity contribution < 1.29 is 41.8 Å². The smallest absolute Gasteiger partial charge is 0.329 e. The van der Waals surface area contributed by atoms with Crippen LogP contribution in [0.1, 0.15) is 51.0 Å². The highest BCUT2D eigenvalue weighted by Gasteiger charge is 2.38. The summed E-state index contributed by atoms with van der Waals surface area (Å²) in [6.45, 7) is 2.32. The fourth-order valence-electron chi connectivity index (χ4n) is 8.47. The third-order valence-electron chi connectivity index (χ3n) is 11.5. The van der Waals surface area contributed by atoms with E-state index >= 15 is 4.39 Å². The molecular formula is C38H42FN7O9S. The number of amides is 4. The van der Waals surface area contributed by atoms with Gasteiger partial charge in [-0.1, -0.05) is 6.07 Å². The summed E-state index contributed by atoms with van der Waals surface area (Å²) in [6, 6.07) is 10.9.